The van der Waals surface area contributed by atoms with Gasteiger partial charge < -0.3 is 5.32 Å². The second-order valence-electron chi connectivity index (χ2n) is 4.36. The summed E-state index contributed by atoms with van der Waals surface area (Å²) < 4.78 is 0. The van der Waals surface area contributed by atoms with E-state index in [0.29, 0.717) is 25.8 Å². The summed E-state index contributed by atoms with van der Waals surface area (Å²) in [6.45, 7) is 4.19. The van der Waals surface area contributed by atoms with E-state index in [9.17, 15) is 9.59 Å². The summed E-state index contributed by atoms with van der Waals surface area (Å²) in [6.07, 6.45) is 1.79. The van der Waals surface area contributed by atoms with Gasteiger partial charge in [0.2, 0.25) is 5.91 Å². The number of Topliss-reactive ketones (excluding diaryl/α,β-unsaturated/α-hetero) is 1. The number of amides is 1. The third-order valence-corrected chi connectivity index (χ3v) is 4.80. The molecule has 0 spiro atoms. The van der Waals surface area contributed by atoms with Crippen molar-refractivity contribution in [3.63, 3.8) is 0 Å². The Kier molecular flexibility index (Phi) is 6.70. The largest absolute Gasteiger partial charge is 0.355 e. The van der Waals surface area contributed by atoms with Crippen molar-refractivity contribution in [2.24, 2.45) is 10.2 Å². The molecule has 102 valence electrons. The van der Waals surface area contributed by atoms with E-state index in [2.05, 4.69) is 15.5 Å². The SMILES string of the molecule is CC(=O)CCSSCCNC(=O)CCC1(C)N=N1. The summed E-state index contributed by atoms with van der Waals surface area (Å²) in [5, 5.41) is 10.6. The van der Waals surface area contributed by atoms with Crippen LogP contribution in [0.5, 0.6) is 0 Å². The number of ketones is 1. The Morgan fingerprint density at radius 3 is 2.44 bits per heavy atom. The molecule has 0 bridgehead atoms. The molecule has 0 aromatic heterocycles. The van der Waals surface area contributed by atoms with Crippen LogP contribution in [0.25, 0.3) is 0 Å². The molecule has 1 N–H and O–H groups in total. The van der Waals surface area contributed by atoms with E-state index in [1.165, 1.54) is 0 Å². The Balaban J connectivity index is 1.85. The topological polar surface area (TPSA) is 70.9 Å². The van der Waals surface area contributed by atoms with Crippen LogP contribution in [-0.2, 0) is 9.59 Å². The van der Waals surface area contributed by atoms with E-state index in [1.54, 1.807) is 28.5 Å². The van der Waals surface area contributed by atoms with E-state index in [4.69, 9.17) is 0 Å². The van der Waals surface area contributed by atoms with Gasteiger partial charge in [0.15, 0.2) is 5.66 Å². The highest BCUT2D eigenvalue weighted by molar-refractivity contribution is 8.76. The third-order valence-electron chi connectivity index (χ3n) is 2.40. The van der Waals surface area contributed by atoms with Crippen LogP contribution in [0.4, 0.5) is 0 Å². The molecular weight excluding hydrogens is 270 g/mol. The van der Waals surface area contributed by atoms with Gasteiger partial charge in [-0.2, -0.15) is 10.2 Å². The Morgan fingerprint density at radius 2 is 1.83 bits per heavy atom. The summed E-state index contributed by atoms with van der Waals surface area (Å²) >= 11 is 0. The van der Waals surface area contributed by atoms with Crippen LogP contribution < -0.4 is 5.32 Å². The summed E-state index contributed by atoms with van der Waals surface area (Å²) in [4.78, 5) is 22.1. The van der Waals surface area contributed by atoms with Crippen LogP contribution in [0, 0.1) is 0 Å². The molecule has 0 saturated carbocycles. The molecular formula is C11H19N3O2S2. The van der Waals surface area contributed by atoms with Crippen LogP contribution in [0.2, 0.25) is 0 Å². The number of nitrogens with one attached hydrogen (secondary N) is 1. The molecule has 0 fully saturated rings. The molecule has 0 aromatic rings. The Bertz CT molecular complexity index is 328. The molecule has 1 aliphatic heterocycles. The molecule has 1 heterocycles. The van der Waals surface area contributed by atoms with E-state index in [-0.39, 0.29) is 17.4 Å². The minimum Gasteiger partial charge on any atom is -0.355 e. The summed E-state index contributed by atoms with van der Waals surface area (Å²) in [5.41, 5.74) is -0.283. The van der Waals surface area contributed by atoms with Crippen LogP contribution >= 0.6 is 21.6 Å². The second-order valence-corrected chi connectivity index (χ2v) is 7.07. The maximum atomic E-state index is 11.4. The quantitative estimate of drug-likeness (QED) is 0.495. The molecule has 1 aliphatic rings. The molecule has 0 atom stereocenters. The van der Waals surface area contributed by atoms with Gasteiger partial charge in [-0.05, 0) is 13.8 Å². The first-order valence-electron chi connectivity index (χ1n) is 5.96. The molecule has 1 amide bonds. The smallest absolute Gasteiger partial charge is 0.220 e. The lowest BCUT2D eigenvalue weighted by molar-refractivity contribution is -0.121. The Labute approximate surface area is 115 Å². The van der Waals surface area contributed by atoms with Crippen LogP contribution in [0.3, 0.4) is 0 Å². The molecule has 7 heteroatoms. The number of rotatable bonds is 10. The zero-order valence-corrected chi connectivity index (χ0v) is 12.4. The van der Waals surface area contributed by atoms with Gasteiger partial charge in [-0.25, -0.2) is 0 Å². The number of hydrogen-bond donors (Lipinski definition) is 1. The van der Waals surface area contributed by atoms with E-state index in [1.807, 2.05) is 6.92 Å². The predicted molar refractivity (Wildman–Crippen MR) is 75.7 cm³/mol. The Hall–Kier alpha value is -0.560. The Morgan fingerprint density at radius 1 is 1.17 bits per heavy atom. The first kappa shape index (κ1) is 15.5. The van der Waals surface area contributed by atoms with Crippen LogP contribution in [0.1, 0.15) is 33.1 Å². The van der Waals surface area contributed by atoms with Crippen molar-refractivity contribution in [1.82, 2.24) is 5.32 Å². The van der Waals surface area contributed by atoms with Crippen molar-refractivity contribution < 1.29 is 9.59 Å². The molecule has 5 nitrogen and oxygen atoms in total. The lowest BCUT2D eigenvalue weighted by Gasteiger charge is -2.05. The molecule has 18 heavy (non-hydrogen) atoms. The van der Waals surface area contributed by atoms with Crippen LogP contribution in [0.15, 0.2) is 10.2 Å². The minimum atomic E-state index is -0.283. The lowest BCUT2D eigenvalue weighted by atomic mass is 10.1. The summed E-state index contributed by atoms with van der Waals surface area (Å²) in [5.74, 6) is 1.99. The first-order chi connectivity index (χ1) is 8.52. The summed E-state index contributed by atoms with van der Waals surface area (Å²) in [6, 6.07) is 0. The fourth-order valence-electron chi connectivity index (χ4n) is 1.16. The maximum absolute atomic E-state index is 11.4. The number of nitrogens with zero attached hydrogens (tertiary/aromatic N) is 2. The average molecular weight is 289 g/mol. The van der Waals surface area contributed by atoms with E-state index >= 15 is 0 Å². The highest BCUT2D eigenvalue weighted by Gasteiger charge is 2.33. The number of carbonyl (C=O) groups excluding carboxylic acids is 2. The third kappa shape index (κ3) is 7.71. The van der Waals surface area contributed by atoms with Gasteiger partial charge in [0, 0.05) is 37.3 Å². The fraction of sp³-hybridized carbons (Fsp3) is 0.818. The van der Waals surface area contributed by atoms with Crippen molar-refractivity contribution in [1.29, 1.82) is 0 Å². The monoisotopic (exact) mass is 289 g/mol. The van der Waals surface area contributed by atoms with Crippen LogP contribution in [-0.4, -0.2) is 35.4 Å². The van der Waals surface area contributed by atoms with Crippen molar-refractivity contribution in [3.8, 4) is 0 Å². The fourth-order valence-corrected chi connectivity index (χ4v) is 3.16. The normalized spacial score (nSPS) is 15.4. The van der Waals surface area contributed by atoms with Gasteiger partial charge in [0.1, 0.15) is 5.78 Å². The minimum absolute atomic E-state index is 0.0582. The lowest BCUT2D eigenvalue weighted by Crippen LogP contribution is -2.26. The molecule has 0 unspecified atom stereocenters. The molecule has 0 saturated heterocycles. The highest BCUT2D eigenvalue weighted by atomic mass is 33.1. The standard InChI is InChI=1S/C11H19N3O2S2/c1-9(15)4-7-17-18-8-6-12-10(16)3-5-11(2)13-14-11/h3-8H2,1-2H3,(H,12,16). The van der Waals surface area contributed by atoms with Gasteiger partial charge in [-0.3, -0.25) is 9.59 Å². The van der Waals surface area contributed by atoms with Crippen molar-refractivity contribution in [2.75, 3.05) is 18.1 Å². The number of hydrogen-bond acceptors (Lipinski definition) is 6. The van der Waals surface area contributed by atoms with Gasteiger partial charge in [-0.15, -0.1) is 0 Å². The number of carbonyl (C=O) groups is 2. The predicted octanol–water partition coefficient (Wildman–Crippen LogP) is 2.43. The van der Waals surface area contributed by atoms with Gasteiger partial charge in [-0.1, -0.05) is 21.6 Å². The van der Waals surface area contributed by atoms with E-state index < -0.39 is 0 Å². The van der Waals surface area contributed by atoms with Gasteiger partial charge >= 0.3 is 0 Å². The highest BCUT2D eigenvalue weighted by Crippen LogP contribution is 2.31. The van der Waals surface area contributed by atoms with Crippen molar-refractivity contribution in [2.45, 2.75) is 38.8 Å². The summed E-state index contributed by atoms with van der Waals surface area (Å²) in [7, 11) is 3.36. The van der Waals surface area contributed by atoms with Crippen molar-refractivity contribution in [3.05, 3.63) is 0 Å². The second kappa shape index (κ2) is 7.78. The molecule has 1 rings (SSSR count). The zero-order valence-electron chi connectivity index (χ0n) is 10.8. The zero-order chi connectivity index (χ0) is 13.4. The molecule has 0 radical (unpaired) electrons. The van der Waals surface area contributed by atoms with Crippen molar-refractivity contribution >= 4 is 33.3 Å². The van der Waals surface area contributed by atoms with Gasteiger partial charge in [0.25, 0.3) is 0 Å². The maximum Gasteiger partial charge on any atom is 0.220 e. The average Bonchev–Trinajstić information content (AvgIpc) is 3.04. The molecule has 0 aromatic carbocycles. The first-order valence-corrected chi connectivity index (χ1v) is 8.45. The van der Waals surface area contributed by atoms with E-state index in [0.717, 1.165) is 11.5 Å². The molecule has 0 aliphatic carbocycles. The van der Waals surface area contributed by atoms with Gasteiger partial charge in [0.05, 0.1) is 0 Å².